The maximum absolute atomic E-state index is 11.7. The van der Waals surface area contributed by atoms with Gasteiger partial charge in [-0.05, 0) is 43.5 Å². The number of carboxylic acid groups (broad SMARTS) is 1. The van der Waals surface area contributed by atoms with E-state index in [9.17, 15) is 9.59 Å². The monoisotopic (exact) mass is 218 g/mol. The van der Waals surface area contributed by atoms with Crippen LogP contribution in [0.5, 0.6) is 0 Å². The van der Waals surface area contributed by atoms with Crippen LogP contribution in [0.4, 0.5) is 0 Å². The van der Waals surface area contributed by atoms with Gasteiger partial charge in [-0.2, -0.15) is 0 Å². The second-order valence-electron chi connectivity index (χ2n) is 3.72. The molecule has 0 bridgehead atoms. The van der Waals surface area contributed by atoms with Crippen molar-refractivity contribution >= 4 is 11.8 Å². The molecular formula is C13H14O3. The molecule has 0 aliphatic heterocycles. The van der Waals surface area contributed by atoms with Crippen molar-refractivity contribution in [1.82, 2.24) is 0 Å². The molecule has 0 aliphatic carbocycles. The summed E-state index contributed by atoms with van der Waals surface area (Å²) in [5, 5.41) is 8.44. The number of carboxylic acids is 1. The first-order chi connectivity index (χ1) is 7.43. The molecule has 0 amide bonds. The zero-order chi connectivity index (χ0) is 12.3. The third-order valence-corrected chi connectivity index (χ3v) is 2.70. The lowest BCUT2D eigenvalue weighted by atomic mass is 9.96. The number of carbonyl (C=O) groups is 2. The molecule has 0 saturated heterocycles. The van der Waals surface area contributed by atoms with E-state index in [-0.39, 0.29) is 5.78 Å². The van der Waals surface area contributed by atoms with Crippen LogP contribution in [-0.4, -0.2) is 16.9 Å². The lowest BCUT2D eigenvalue weighted by molar-refractivity contribution is -0.131. The highest BCUT2D eigenvalue weighted by Crippen LogP contribution is 2.17. The lowest BCUT2D eigenvalue weighted by Gasteiger charge is -2.08. The van der Waals surface area contributed by atoms with Crippen LogP contribution in [0.1, 0.15) is 27.0 Å². The van der Waals surface area contributed by atoms with Crippen LogP contribution in [0, 0.1) is 20.8 Å². The van der Waals surface area contributed by atoms with Gasteiger partial charge < -0.3 is 5.11 Å². The number of hydrogen-bond acceptors (Lipinski definition) is 2. The second-order valence-corrected chi connectivity index (χ2v) is 3.72. The Labute approximate surface area is 94.4 Å². The lowest BCUT2D eigenvalue weighted by Crippen LogP contribution is -2.02. The van der Waals surface area contributed by atoms with E-state index < -0.39 is 5.97 Å². The average molecular weight is 218 g/mol. The predicted molar refractivity (Wildman–Crippen MR) is 61.8 cm³/mol. The summed E-state index contributed by atoms with van der Waals surface area (Å²) < 4.78 is 0. The van der Waals surface area contributed by atoms with Gasteiger partial charge in [-0.15, -0.1) is 0 Å². The van der Waals surface area contributed by atoms with E-state index in [1.165, 1.54) is 0 Å². The SMILES string of the molecule is Cc1ccc(C(=O)/C=C/C(=O)O)c(C)c1C. The van der Waals surface area contributed by atoms with E-state index >= 15 is 0 Å². The van der Waals surface area contributed by atoms with Crippen molar-refractivity contribution in [3.8, 4) is 0 Å². The first kappa shape index (κ1) is 12.2. The van der Waals surface area contributed by atoms with E-state index in [1.54, 1.807) is 6.07 Å². The zero-order valence-electron chi connectivity index (χ0n) is 9.57. The van der Waals surface area contributed by atoms with E-state index in [1.807, 2.05) is 26.8 Å². The van der Waals surface area contributed by atoms with Crippen LogP contribution in [0.25, 0.3) is 0 Å². The van der Waals surface area contributed by atoms with Crippen molar-refractivity contribution in [3.05, 3.63) is 46.5 Å². The fraction of sp³-hybridized carbons (Fsp3) is 0.231. The Balaban J connectivity index is 3.11. The molecule has 84 valence electrons. The number of hydrogen-bond donors (Lipinski definition) is 1. The minimum Gasteiger partial charge on any atom is -0.478 e. The van der Waals surface area contributed by atoms with Crippen molar-refractivity contribution in [1.29, 1.82) is 0 Å². The van der Waals surface area contributed by atoms with Crippen LogP contribution in [0.3, 0.4) is 0 Å². The van der Waals surface area contributed by atoms with E-state index in [2.05, 4.69) is 0 Å². The number of allylic oxidation sites excluding steroid dienone is 1. The Morgan fingerprint density at radius 3 is 2.25 bits per heavy atom. The topological polar surface area (TPSA) is 54.4 Å². The highest BCUT2D eigenvalue weighted by Gasteiger charge is 2.09. The fourth-order valence-electron chi connectivity index (χ4n) is 1.46. The molecule has 1 aromatic rings. The molecule has 0 spiro atoms. The molecule has 0 atom stereocenters. The summed E-state index contributed by atoms with van der Waals surface area (Å²) in [6, 6.07) is 3.59. The van der Waals surface area contributed by atoms with Gasteiger partial charge in [-0.1, -0.05) is 12.1 Å². The quantitative estimate of drug-likeness (QED) is 0.626. The number of ketones is 1. The Morgan fingerprint density at radius 1 is 1.06 bits per heavy atom. The van der Waals surface area contributed by atoms with Gasteiger partial charge in [0.1, 0.15) is 0 Å². The number of rotatable bonds is 3. The third-order valence-electron chi connectivity index (χ3n) is 2.70. The van der Waals surface area contributed by atoms with Crippen LogP contribution >= 0.6 is 0 Å². The van der Waals surface area contributed by atoms with Gasteiger partial charge in [-0.3, -0.25) is 4.79 Å². The largest absolute Gasteiger partial charge is 0.478 e. The minimum absolute atomic E-state index is 0.275. The van der Waals surface area contributed by atoms with Crippen LogP contribution in [0.2, 0.25) is 0 Å². The van der Waals surface area contributed by atoms with Gasteiger partial charge in [0.05, 0.1) is 0 Å². The molecule has 1 rings (SSSR count). The maximum Gasteiger partial charge on any atom is 0.328 e. The van der Waals surface area contributed by atoms with Crippen molar-refractivity contribution in [2.24, 2.45) is 0 Å². The predicted octanol–water partition coefficient (Wildman–Crippen LogP) is 2.44. The Bertz CT molecular complexity index is 470. The Kier molecular flexibility index (Phi) is 3.61. The number of aryl methyl sites for hydroxylation is 1. The van der Waals surface area contributed by atoms with Gasteiger partial charge in [0.25, 0.3) is 0 Å². The van der Waals surface area contributed by atoms with Gasteiger partial charge >= 0.3 is 5.97 Å². The molecule has 0 heterocycles. The fourth-order valence-corrected chi connectivity index (χ4v) is 1.46. The van der Waals surface area contributed by atoms with Crippen LogP contribution < -0.4 is 0 Å². The molecule has 1 N–H and O–H groups in total. The molecule has 0 saturated carbocycles. The van der Waals surface area contributed by atoms with Crippen molar-refractivity contribution in [2.75, 3.05) is 0 Å². The first-order valence-electron chi connectivity index (χ1n) is 4.95. The van der Waals surface area contributed by atoms with Gasteiger partial charge in [0.2, 0.25) is 0 Å². The molecular weight excluding hydrogens is 204 g/mol. The van der Waals surface area contributed by atoms with Crippen molar-refractivity contribution in [3.63, 3.8) is 0 Å². The van der Waals surface area contributed by atoms with Crippen LogP contribution in [-0.2, 0) is 4.79 Å². The normalized spacial score (nSPS) is 10.7. The third kappa shape index (κ3) is 2.57. The highest BCUT2D eigenvalue weighted by atomic mass is 16.4. The van der Waals surface area contributed by atoms with E-state index in [4.69, 9.17) is 5.11 Å². The summed E-state index contributed by atoms with van der Waals surface area (Å²) in [5.74, 6) is -1.39. The summed E-state index contributed by atoms with van der Waals surface area (Å²) >= 11 is 0. The molecule has 0 radical (unpaired) electrons. The van der Waals surface area contributed by atoms with Gasteiger partial charge in [-0.25, -0.2) is 4.79 Å². The smallest absolute Gasteiger partial charge is 0.328 e. The summed E-state index contributed by atoms with van der Waals surface area (Å²) in [6.07, 6.45) is 1.94. The van der Waals surface area contributed by atoms with Gasteiger partial charge in [0, 0.05) is 11.6 Å². The average Bonchev–Trinajstić information content (AvgIpc) is 2.23. The molecule has 0 aromatic heterocycles. The molecule has 3 heteroatoms. The van der Waals surface area contributed by atoms with Crippen LogP contribution in [0.15, 0.2) is 24.3 Å². The second kappa shape index (κ2) is 4.75. The molecule has 0 unspecified atom stereocenters. The molecule has 0 aliphatic rings. The number of carbonyl (C=O) groups excluding carboxylic acids is 1. The molecule has 0 fully saturated rings. The number of aliphatic carboxylic acids is 1. The molecule has 16 heavy (non-hydrogen) atoms. The zero-order valence-corrected chi connectivity index (χ0v) is 9.57. The van der Waals surface area contributed by atoms with E-state index in [0.29, 0.717) is 5.56 Å². The van der Waals surface area contributed by atoms with E-state index in [0.717, 1.165) is 28.8 Å². The summed E-state index contributed by atoms with van der Waals surface area (Å²) in [6.45, 7) is 5.79. The summed E-state index contributed by atoms with van der Waals surface area (Å²) in [4.78, 5) is 22.0. The maximum atomic E-state index is 11.7. The van der Waals surface area contributed by atoms with Gasteiger partial charge in [0.15, 0.2) is 5.78 Å². The highest BCUT2D eigenvalue weighted by molar-refractivity contribution is 6.07. The summed E-state index contributed by atoms with van der Waals surface area (Å²) in [5.41, 5.74) is 3.64. The minimum atomic E-state index is -1.12. The molecule has 1 aromatic carbocycles. The Morgan fingerprint density at radius 2 is 1.69 bits per heavy atom. The molecule has 3 nitrogen and oxygen atoms in total. The van der Waals surface area contributed by atoms with Crippen molar-refractivity contribution in [2.45, 2.75) is 20.8 Å². The van der Waals surface area contributed by atoms with Crippen molar-refractivity contribution < 1.29 is 14.7 Å². The Hall–Kier alpha value is -1.90. The summed E-state index contributed by atoms with van der Waals surface area (Å²) in [7, 11) is 0. The first-order valence-corrected chi connectivity index (χ1v) is 4.95. The number of benzene rings is 1. The standard InChI is InChI=1S/C13H14O3/c1-8-4-5-11(10(3)9(8)2)12(14)6-7-13(15)16/h4-7H,1-3H3,(H,15,16)/b7-6+.